The van der Waals surface area contributed by atoms with Crippen LogP contribution in [0.5, 0.6) is 0 Å². The molecule has 0 saturated carbocycles. The summed E-state index contributed by atoms with van der Waals surface area (Å²) in [5, 5.41) is 11.3. The first-order valence-electron chi connectivity index (χ1n) is 4.98. The van der Waals surface area contributed by atoms with Gasteiger partial charge in [0.15, 0.2) is 0 Å². The Morgan fingerprint density at radius 2 is 2.13 bits per heavy atom. The second-order valence-corrected chi connectivity index (χ2v) is 3.54. The molecule has 0 saturated heterocycles. The molecule has 0 fully saturated rings. The topological polar surface area (TPSA) is 82.0 Å². The number of rotatable bonds is 3. The Kier molecular flexibility index (Phi) is 2.59. The molecule has 0 aliphatic heterocycles. The van der Waals surface area contributed by atoms with E-state index < -0.39 is 0 Å². The lowest BCUT2D eigenvalue weighted by atomic mass is 10.1. The fraction of sp³-hybridized carbons (Fsp3) is 0.556. The number of tetrazole rings is 1. The van der Waals surface area contributed by atoms with Crippen LogP contribution in [0.1, 0.15) is 23.4 Å². The van der Waals surface area contributed by atoms with Crippen LogP contribution >= 0.6 is 0 Å². The van der Waals surface area contributed by atoms with Crippen molar-refractivity contribution < 1.29 is 0 Å². The first-order chi connectivity index (χ1) is 7.24. The van der Waals surface area contributed by atoms with Crippen LogP contribution < -0.4 is 5.73 Å². The number of aryl methyl sites for hydroxylation is 2. The van der Waals surface area contributed by atoms with Crippen LogP contribution in [0.25, 0.3) is 5.78 Å². The number of hydrogen-bond acceptors (Lipinski definition) is 5. The fourth-order valence-electron chi connectivity index (χ4n) is 1.72. The largest absolute Gasteiger partial charge is 0.330 e. The van der Waals surface area contributed by atoms with Gasteiger partial charge in [0.2, 0.25) is 0 Å². The molecule has 2 rings (SSSR count). The van der Waals surface area contributed by atoms with Gasteiger partial charge in [-0.2, -0.15) is 4.52 Å². The van der Waals surface area contributed by atoms with Crippen LogP contribution in [-0.4, -0.2) is 31.6 Å². The van der Waals surface area contributed by atoms with E-state index in [2.05, 4.69) is 20.5 Å². The second-order valence-electron chi connectivity index (χ2n) is 3.54. The Hall–Kier alpha value is -1.56. The molecule has 0 spiro atoms. The molecule has 2 heterocycles. The maximum absolute atomic E-state index is 5.50. The van der Waals surface area contributed by atoms with Gasteiger partial charge in [-0.15, -0.1) is 0 Å². The number of aromatic nitrogens is 5. The normalized spacial score (nSPS) is 11.1. The van der Waals surface area contributed by atoms with Crippen LogP contribution in [0.15, 0.2) is 0 Å². The molecule has 6 heteroatoms. The van der Waals surface area contributed by atoms with Crippen LogP contribution in [0.2, 0.25) is 0 Å². The maximum atomic E-state index is 5.50. The Balaban J connectivity index is 2.52. The van der Waals surface area contributed by atoms with Gasteiger partial charge in [-0.3, -0.25) is 0 Å². The Bertz CT molecular complexity index is 475. The predicted octanol–water partition coefficient (Wildman–Crippen LogP) is 0.0274. The Labute approximate surface area is 87.5 Å². The van der Waals surface area contributed by atoms with Gasteiger partial charge in [0.05, 0.1) is 0 Å². The SMILES string of the molecule is Cc1nc2nnnn2c(C)c1CCCN. The van der Waals surface area contributed by atoms with Crippen molar-refractivity contribution >= 4 is 5.78 Å². The molecule has 0 amide bonds. The summed E-state index contributed by atoms with van der Waals surface area (Å²) in [7, 11) is 0. The number of fused-ring (bicyclic) bond motifs is 1. The predicted molar refractivity (Wildman–Crippen MR) is 55.4 cm³/mol. The first-order valence-corrected chi connectivity index (χ1v) is 4.98. The van der Waals surface area contributed by atoms with Gasteiger partial charge in [0.1, 0.15) is 0 Å². The van der Waals surface area contributed by atoms with Gasteiger partial charge in [0, 0.05) is 11.4 Å². The van der Waals surface area contributed by atoms with Crippen LogP contribution in [-0.2, 0) is 6.42 Å². The van der Waals surface area contributed by atoms with Crippen LogP contribution in [0.4, 0.5) is 0 Å². The fourth-order valence-corrected chi connectivity index (χ4v) is 1.72. The van der Waals surface area contributed by atoms with Crippen molar-refractivity contribution in [2.24, 2.45) is 5.73 Å². The zero-order valence-electron chi connectivity index (χ0n) is 8.93. The summed E-state index contributed by atoms with van der Waals surface area (Å²) in [6.07, 6.45) is 1.88. The number of hydrogen-bond donors (Lipinski definition) is 1. The summed E-state index contributed by atoms with van der Waals surface area (Å²) in [6.45, 7) is 4.67. The highest BCUT2D eigenvalue weighted by molar-refractivity contribution is 5.34. The van der Waals surface area contributed by atoms with Gasteiger partial charge in [-0.05, 0) is 49.2 Å². The monoisotopic (exact) mass is 206 g/mol. The summed E-state index contributed by atoms with van der Waals surface area (Å²) < 4.78 is 1.67. The molecule has 0 aliphatic carbocycles. The third kappa shape index (κ3) is 1.68. The zero-order chi connectivity index (χ0) is 10.8. The molecule has 0 unspecified atom stereocenters. The van der Waals surface area contributed by atoms with E-state index in [0.717, 1.165) is 24.2 Å². The molecule has 2 N–H and O–H groups in total. The van der Waals surface area contributed by atoms with Crippen molar-refractivity contribution in [2.45, 2.75) is 26.7 Å². The Morgan fingerprint density at radius 1 is 1.33 bits per heavy atom. The van der Waals surface area contributed by atoms with Crippen molar-refractivity contribution in [1.82, 2.24) is 25.0 Å². The smallest absolute Gasteiger partial charge is 0.273 e. The third-order valence-electron chi connectivity index (χ3n) is 2.54. The van der Waals surface area contributed by atoms with E-state index in [4.69, 9.17) is 5.73 Å². The van der Waals surface area contributed by atoms with Gasteiger partial charge in [-0.1, -0.05) is 5.10 Å². The lowest BCUT2D eigenvalue weighted by Crippen LogP contribution is -2.08. The van der Waals surface area contributed by atoms with E-state index in [-0.39, 0.29) is 0 Å². The Morgan fingerprint density at radius 3 is 2.87 bits per heavy atom. The molecule has 0 radical (unpaired) electrons. The van der Waals surface area contributed by atoms with Crippen molar-refractivity contribution in [1.29, 1.82) is 0 Å². The lowest BCUT2D eigenvalue weighted by Gasteiger charge is -2.08. The van der Waals surface area contributed by atoms with E-state index in [9.17, 15) is 0 Å². The van der Waals surface area contributed by atoms with Crippen LogP contribution in [0, 0.1) is 13.8 Å². The average Bonchev–Trinajstić information content (AvgIpc) is 2.65. The van der Waals surface area contributed by atoms with Crippen molar-refractivity contribution in [3.63, 3.8) is 0 Å². The van der Waals surface area contributed by atoms with Crippen molar-refractivity contribution in [3.8, 4) is 0 Å². The molecule has 0 aromatic carbocycles. The maximum Gasteiger partial charge on any atom is 0.273 e. The van der Waals surface area contributed by atoms with Gasteiger partial charge >= 0.3 is 0 Å². The standard InChI is InChI=1S/C9H14N6/c1-6-8(4-3-5-10)7(2)15-9(11-6)12-13-14-15/h3-5,10H2,1-2H3. The quantitative estimate of drug-likeness (QED) is 0.766. The highest BCUT2D eigenvalue weighted by Gasteiger charge is 2.10. The van der Waals surface area contributed by atoms with E-state index in [0.29, 0.717) is 12.3 Å². The van der Waals surface area contributed by atoms with Crippen LogP contribution in [0.3, 0.4) is 0 Å². The average molecular weight is 206 g/mol. The summed E-state index contributed by atoms with van der Waals surface area (Å²) in [4.78, 5) is 4.34. The minimum Gasteiger partial charge on any atom is -0.330 e. The molecular formula is C9H14N6. The molecular weight excluding hydrogens is 192 g/mol. The molecule has 0 aliphatic rings. The summed E-state index contributed by atoms with van der Waals surface area (Å²) in [5.74, 6) is 0.557. The van der Waals surface area contributed by atoms with E-state index in [1.807, 2.05) is 13.8 Å². The van der Waals surface area contributed by atoms with Crippen molar-refractivity contribution in [3.05, 3.63) is 17.0 Å². The highest BCUT2D eigenvalue weighted by Crippen LogP contribution is 2.13. The third-order valence-corrected chi connectivity index (χ3v) is 2.54. The van der Waals surface area contributed by atoms with Gasteiger partial charge in [0.25, 0.3) is 5.78 Å². The minimum absolute atomic E-state index is 0.557. The molecule has 6 nitrogen and oxygen atoms in total. The summed E-state index contributed by atoms with van der Waals surface area (Å²) in [5.41, 5.74) is 8.74. The van der Waals surface area contributed by atoms with E-state index in [1.165, 1.54) is 5.56 Å². The van der Waals surface area contributed by atoms with Gasteiger partial charge < -0.3 is 5.73 Å². The van der Waals surface area contributed by atoms with Gasteiger partial charge in [-0.25, -0.2) is 4.98 Å². The second kappa shape index (κ2) is 3.90. The number of nitrogens with two attached hydrogens (primary N) is 1. The van der Waals surface area contributed by atoms with E-state index >= 15 is 0 Å². The molecule has 0 bridgehead atoms. The molecule has 0 atom stereocenters. The highest BCUT2D eigenvalue weighted by atomic mass is 15.5. The molecule has 80 valence electrons. The minimum atomic E-state index is 0.557. The summed E-state index contributed by atoms with van der Waals surface area (Å²) >= 11 is 0. The number of nitrogens with zero attached hydrogens (tertiary/aromatic N) is 5. The molecule has 15 heavy (non-hydrogen) atoms. The van der Waals surface area contributed by atoms with Crippen molar-refractivity contribution in [2.75, 3.05) is 6.54 Å². The lowest BCUT2D eigenvalue weighted by molar-refractivity contribution is 0.759. The first kappa shape index (κ1) is 9.97. The summed E-state index contributed by atoms with van der Waals surface area (Å²) in [6, 6.07) is 0. The zero-order valence-corrected chi connectivity index (χ0v) is 8.93. The van der Waals surface area contributed by atoms with E-state index in [1.54, 1.807) is 4.52 Å². The molecule has 2 aromatic rings. The molecule has 2 aromatic heterocycles.